The second-order valence-electron chi connectivity index (χ2n) is 2.63. The van der Waals surface area contributed by atoms with Gasteiger partial charge in [-0.1, -0.05) is 0 Å². The van der Waals surface area contributed by atoms with Crippen molar-refractivity contribution in [2.75, 3.05) is 6.54 Å². The summed E-state index contributed by atoms with van der Waals surface area (Å²) in [6.07, 6.45) is 1.64. The molecular formula is C8H9IN2O3. The highest BCUT2D eigenvalue weighted by molar-refractivity contribution is 14.1. The number of carbonyl (C=O) groups excluding carboxylic acids is 1. The molecular weight excluding hydrogens is 299 g/mol. The maximum absolute atomic E-state index is 11.3. The number of amides is 1. The smallest absolute Gasteiger partial charge is 0.305 e. The Hall–Kier alpha value is -1.05. The summed E-state index contributed by atoms with van der Waals surface area (Å²) in [5.41, 5.74) is 0.444. The molecule has 14 heavy (non-hydrogen) atoms. The second kappa shape index (κ2) is 4.99. The van der Waals surface area contributed by atoms with Gasteiger partial charge in [-0.15, -0.1) is 0 Å². The fourth-order valence-electron chi connectivity index (χ4n) is 0.877. The van der Waals surface area contributed by atoms with E-state index in [1.54, 1.807) is 12.3 Å². The number of hydrogen-bond acceptors (Lipinski definition) is 2. The number of rotatable bonds is 4. The van der Waals surface area contributed by atoms with E-state index in [4.69, 9.17) is 5.11 Å². The van der Waals surface area contributed by atoms with Crippen LogP contribution >= 0.6 is 22.6 Å². The van der Waals surface area contributed by atoms with Crippen molar-refractivity contribution in [3.05, 3.63) is 21.5 Å². The van der Waals surface area contributed by atoms with Crippen molar-refractivity contribution in [2.24, 2.45) is 0 Å². The average Bonchev–Trinajstić information content (AvgIpc) is 2.51. The lowest BCUT2D eigenvalue weighted by Crippen LogP contribution is -2.26. The van der Waals surface area contributed by atoms with Gasteiger partial charge in [0, 0.05) is 16.3 Å². The summed E-state index contributed by atoms with van der Waals surface area (Å²) in [6.45, 7) is 0.143. The molecule has 1 rings (SSSR count). The zero-order valence-electron chi connectivity index (χ0n) is 7.21. The average molecular weight is 308 g/mol. The molecule has 0 aliphatic carbocycles. The molecule has 5 nitrogen and oxygen atoms in total. The molecule has 0 aromatic carbocycles. The van der Waals surface area contributed by atoms with Crippen LogP contribution in [0.5, 0.6) is 0 Å². The molecule has 1 amide bonds. The van der Waals surface area contributed by atoms with Gasteiger partial charge in [-0.05, 0) is 28.7 Å². The molecule has 1 aromatic rings. The molecule has 0 aliphatic rings. The summed E-state index contributed by atoms with van der Waals surface area (Å²) >= 11 is 2.08. The van der Waals surface area contributed by atoms with Gasteiger partial charge < -0.3 is 15.4 Å². The Morgan fingerprint density at radius 2 is 2.29 bits per heavy atom. The monoisotopic (exact) mass is 308 g/mol. The van der Waals surface area contributed by atoms with E-state index in [0.29, 0.717) is 5.69 Å². The minimum atomic E-state index is -0.925. The van der Waals surface area contributed by atoms with Crippen LogP contribution in [0.1, 0.15) is 16.9 Å². The van der Waals surface area contributed by atoms with E-state index >= 15 is 0 Å². The van der Waals surface area contributed by atoms with Gasteiger partial charge in [0.05, 0.1) is 6.42 Å². The quantitative estimate of drug-likeness (QED) is 0.720. The number of carbonyl (C=O) groups is 2. The molecule has 0 atom stereocenters. The van der Waals surface area contributed by atoms with E-state index < -0.39 is 5.97 Å². The summed E-state index contributed by atoms with van der Waals surface area (Å²) < 4.78 is 0.936. The first kappa shape index (κ1) is 11.0. The van der Waals surface area contributed by atoms with Gasteiger partial charge in [0.2, 0.25) is 0 Å². The second-order valence-corrected chi connectivity index (χ2v) is 3.88. The van der Waals surface area contributed by atoms with Crippen molar-refractivity contribution >= 4 is 34.5 Å². The van der Waals surface area contributed by atoms with Crippen LogP contribution in [0.4, 0.5) is 0 Å². The Morgan fingerprint density at radius 3 is 2.79 bits per heavy atom. The Labute approximate surface area is 94.0 Å². The minimum absolute atomic E-state index is 0.0659. The predicted octanol–water partition coefficient (Wildman–Crippen LogP) is 0.824. The Morgan fingerprint density at radius 1 is 1.57 bits per heavy atom. The zero-order chi connectivity index (χ0) is 10.6. The Balaban J connectivity index is 2.39. The topological polar surface area (TPSA) is 82.2 Å². The molecule has 0 saturated carbocycles. The molecule has 0 radical (unpaired) electrons. The third-order valence-electron chi connectivity index (χ3n) is 1.52. The van der Waals surface area contributed by atoms with Gasteiger partial charge in [-0.3, -0.25) is 9.59 Å². The van der Waals surface area contributed by atoms with E-state index in [1.165, 1.54) is 0 Å². The highest BCUT2D eigenvalue weighted by Gasteiger charge is 2.07. The molecule has 1 heterocycles. The van der Waals surface area contributed by atoms with Crippen LogP contribution in [0.3, 0.4) is 0 Å². The maximum Gasteiger partial charge on any atom is 0.305 e. The standard InChI is InChI=1S/C8H9IN2O3/c9-5-3-6(11-4-5)8(14)10-2-1-7(12)13/h3-4,11H,1-2H2,(H,10,14)(H,12,13). The van der Waals surface area contributed by atoms with Crippen LogP contribution in [0.2, 0.25) is 0 Å². The minimum Gasteiger partial charge on any atom is -0.481 e. The lowest BCUT2D eigenvalue weighted by molar-refractivity contribution is -0.136. The number of carboxylic acids is 1. The van der Waals surface area contributed by atoms with Gasteiger partial charge in [0.1, 0.15) is 5.69 Å². The molecule has 76 valence electrons. The van der Waals surface area contributed by atoms with Crippen molar-refractivity contribution in [3.8, 4) is 0 Å². The fourth-order valence-corrected chi connectivity index (χ4v) is 1.34. The molecule has 0 fully saturated rings. The van der Waals surface area contributed by atoms with Gasteiger partial charge in [-0.2, -0.15) is 0 Å². The molecule has 0 unspecified atom stereocenters. The van der Waals surface area contributed by atoms with Gasteiger partial charge in [0.15, 0.2) is 0 Å². The zero-order valence-corrected chi connectivity index (χ0v) is 9.37. The summed E-state index contributed by atoms with van der Waals surface area (Å²) in [6, 6.07) is 1.69. The molecule has 0 bridgehead atoms. The number of aromatic amines is 1. The normalized spacial score (nSPS) is 9.79. The molecule has 0 spiro atoms. The third-order valence-corrected chi connectivity index (χ3v) is 2.14. The number of carboxylic acid groups (broad SMARTS) is 1. The van der Waals surface area contributed by atoms with E-state index in [-0.39, 0.29) is 18.9 Å². The SMILES string of the molecule is O=C(O)CCNC(=O)c1cc(I)c[nH]1. The number of aromatic nitrogens is 1. The van der Waals surface area contributed by atoms with Crippen molar-refractivity contribution in [3.63, 3.8) is 0 Å². The first-order chi connectivity index (χ1) is 6.59. The van der Waals surface area contributed by atoms with Crippen LogP contribution in [-0.2, 0) is 4.79 Å². The predicted molar refractivity (Wildman–Crippen MR) is 58.1 cm³/mol. The fraction of sp³-hybridized carbons (Fsp3) is 0.250. The summed E-state index contributed by atoms with van der Waals surface area (Å²) in [5, 5.41) is 10.8. The van der Waals surface area contributed by atoms with Gasteiger partial charge in [0.25, 0.3) is 5.91 Å². The van der Waals surface area contributed by atoms with Crippen molar-refractivity contribution in [1.82, 2.24) is 10.3 Å². The number of H-pyrrole nitrogens is 1. The molecule has 1 aromatic heterocycles. The van der Waals surface area contributed by atoms with Crippen molar-refractivity contribution in [2.45, 2.75) is 6.42 Å². The summed E-state index contributed by atoms with van der Waals surface area (Å²) in [5.74, 6) is -1.21. The van der Waals surface area contributed by atoms with E-state index in [1.807, 2.05) is 0 Å². The van der Waals surface area contributed by atoms with Crippen LogP contribution in [0.25, 0.3) is 0 Å². The summed E-state index contributed by atoms with van der Waals surface area (Å²) in [4.78, 5) is 24.2. The van der Waals surface area contributed by atoms with Crippen molar-refractivity contribution < 1.29 is 14.7 Å². The Bertz CT molecular complexity index is 348. The van der Waals surface area contributed by atoms with Crippen molar-refractivity contribution in [1.29, 1.82) is 0 Å². The first-order valence-electron chi connectivity index (χ1n) is 3.93. The van der Waals surface area contributed by atoms with E-state index in [0.717, 1.165) is 3.57 Å². The highest BCUT2D eigenvalue weighted by atomic mass is 127. The van der Waals surface area contributed by atoms with Crippen LogP contribution in [0, 0.1) is 3.57 Å². The molecule has 3 N–H and O–H groups in total. The largest absolute Gasteiger partial charge is 0.481 e. The number of hydrogen-bond donors (Lipinski definition) is 3. The Kier molecular flexibility index (Phi) is 3.93. The lowest BCUT2D eigenvalue weighted by atomic mass is 10.4. The lowest BCUT2D eigenvalue weighted by Gasteiger charge is -2.00. The van der Waals surface area contributed by atoms with E-state index in [9.17, 15) is 9.59 Å². The van der Waals surface area contributed by atoms with E-state index in [2.05, 4.69) is 32.9 Å². The first-order valence-corrected chi connectivity index (χ1v) is 5.01. The molecule has 0 aliphatic heterocycles. The number of nitrogens with one attached hydrogen (secondary N) is 2. The number of aliphatic carboxylic acids is 1. The number of halogens is 1. The molecule has 0 saturated heterocycles. The summed E-state index contributed by atoms with van der Waals surface area (Å²) in [7, 11) is 0. The van der Waals surface area contributed by atoms with Crippen LogP contribution < -0.4 is 5.32 Å². The molecule has 6 heteroatoms. The van der Waals surface area contributed by atoms with Crippen LogP contribution in [0.15, 0.2) is 12.3 Å². The van der Waals surface area contributed by atoms with Crippen LogP contribution in [-0.4, -0.2) is 28.5 Å². The third kappa shape index (κ3) is 3.36. The maximum atomic E-state index is 11.3. The highest BCUT2D eigenvalue weighted by Crippen LogP contribution is 2.05. The van der Waals surface area contributed by atoms with Gasteiger partial charge >= 0.3 is 5.97 Å². The van der Waals surface area contributed by atoms with Gasteiger partial charge in [-0.25, -0.2) is 0 Å².